The van der Waals surface area contributed by atoms with Crippen molar-refractivity contribution in [3.63, 3.8) is 0 Å². The Morgan fingerprint density at radius 2 is 2.15 bits per heavy atom. The zero-order valence-corrected chi connectivity index (χ0v) is 16.3. The number of imidazole rings is 1. The summed E-state index contributed by atoms with van der Waals surface area (Å²) in [6.07, 6.45) is 12.8. The second-order valence-corrected chi connectivity index (χ2v) is 7.93. The number of hydrogen-bond donors (Lipinski definition) is 0. The Labute approximate surface area is 161 Å². The molecule has 0 bridgehead atoms. The van der Waals surface area contributed by atoms with E-state index in [4.69, 9.17) is 4.74 Å². The number of rotatable bonds is 5. The maximum atomic E-state index is 13.3. The first-order valence-electron chi connectivity index (χ1n) is 10.1. The summed E-state index contributed by atoms with van der Waals surface area (Å²) in [5.41, 5.74) is 1.84. The largest absolute Gasteiger partial charge is 0.378 e. The third-order valence-corrected chi connectivity index (χ3v) is 6.58. The van der Waals surface area contributed by atoms with Crippen LogP contribution < -0.4 is 0 Å². The van der Waals surface area contributed by atoms with Crippen molar-refractivity contribution in [2.75, 3.05) is 13.7 Å². The van der Waals surface area contributed by atoms with Crippen LogP contribution in [0.25, 0.3) is 5.69 Å². The monoisotopic (exact) mass is 367 g/mol. The maximum Gasteiger partial charge on any atom is 0.253 e. The van der Waals surface area contributed by atoms with Crippen LogP contribution in [0.4, 0.5) is 0 Å². The minimum Gasteiger partial charge on any atom is -0.378 e. The topological polar surface area (TPSA) is 47.4 Å². The summed E-state index contributed by atoms with van der Waals surface area (Å²) in [6.45, 7) is 2.82. The minimum atomic E-state index is 0.0989. The molecule has 1 heterocycles. The molecule has 2 saturated carbocycles. The highest BCUT2D eigenvalue weighted by molar-refractivity contribution is 5.95. The van der Waals surface area contributed by atoms with Crippen LogP contribution in [0.2, 0.25) is 0 Å². The Kier molecular flexibility index (Phi) is 5.04. The average molecular weight is 367 g/mol. The van der Waals surface area contributed by atoms with Crippen LogP contribution in [-0.4, -0.2) is 46.2 Å². The molecule has 1 aromatic carbocycles. The fraction of sp³-hybridized carbons (Fsp3) is 0.545. The van der Waals surface area contributed by atoms with Crippen molar-refractivity contribution < 1.29 is 9.53 Å². The lowest BCUT2D eigenvalue weighted by Crippen LogP contribution is -2.65. The van der Waals surface area contributed by atoms with Crippen LogP contribution >= 0.6 is 0 Å². The van der Waals surface area contributed by atoms with Crippen LogP contribution in [-0.2, 0) is 4.74 Å². The van der Waals surface area contributed by atoms with Crippen LogP contribution in [0.15, 0.2) is 43.0 Å². The number of carbonyl (C=O) groups is 1. The van der Waals surface area contributed by atoms with E-state index in [1.54, 1.807) is 12.5 Å². The van der Waals surface area contributed by atoms with Crippen LogP contribution in [0.3, 0.4) is 0 Å². The molecule has 4 rings (SSSR count). The van der Waals surface area contributed by atoms with E-state index in [1.807, 2.05) is 47.0 Å². The lowest BCUT2D eigenvalue weighted by molar-refractivity contribution is -0.170. The van der Waals surface area contributed by atoms with Crippen molar-refractivity contribution in [1.82, 2.24) is 14.5 Å². The molecule has 1 spiro atoms. The number of aromatic nitrogens is 2. The van der Waals surface area contributed by atoms with Gasteiger partial charge in [-0.3, -0.25) is 4.79 Å². The molecule has 2 aliphatic rings. The van der Waals surface area contributed by atoms with E-state index in [1.165, 1.54) is 32.1 Å². The maximum absolute atomic E-state index is 13.3. The predicted molar refractivity (Wildman–Crippen MR) is 105 cm³/mol. The molecule has 2 atom stereocenters. The summed E-state index contributed by atoms with van der Waals surface area (Å²) >= 11 is 0. The first kappa shape index (κ1) is 18.2. The summed E-state index contributed by atoms with van der Waals surface area (Å²) in [4.78, 5) is 19.3. The molecule has 0 N–H and O–H groups in total. The highest BCUT2D eigenvalue weighted by Crippen LogP contribution is 2.55. The number of amides is 1. The molecule has 0 radical (unpaired) electrons. The second-order valence-electron chi connectivity index (χ2n) is 7.93. The number of benzene rings is 1. The summed E-state index contributed by atoms with van der Waals surface area (Å²) in [5, 5.41) is 0. The first-order valence-corrected chi connectivity index (χ1v) is 10.1. The third-order valence-electron chi connectivity index (χ3n) is 6.58. The Balaban J connectivity index is 1.55. The second kappa shape index (κ2) is 7.47. The average Bonchev–Trinajstić information content (AvgIpc) is 3.25. The molecule has 0 aliphatic heterocycles. The molecule has 27 heavy (non-hydrogen) atoms. The normalized spacial score (nSPS) is 23.8. The van der Waals surface area contributed by atoms with Crippen LogP contribution in [0, 0.1) is 5.41 Å². The van der Waals surface area contributed by atoms with Gasteiger partial charge in [-0.25, -0.2) is 4.98 Å². The molecule has 144 valence electrons. The van der Waals surface area contributed by atoms with Gasteiger partial charge in [0.05, 0.1) is 12.4 Å². The zero-order chi connectivity index (χ0) is 18.9. The van der Waals surface area contributed by atoms with Gasteiger partial charge in [0, 0.05) is 48.8 Å². The van der Waals surface area contributed by atoms with E-state index in [9.17, 15) is 4.79 Å². The fourth-order valence-corrected chi connectivity index (χ4v) is 5.13. The van der Waals surface area contributed by atoms with Crippen molar-refractivity contribution >= 4 is 5.91 Å². The quantitative estimate of drug-likeness (QED) is 0.800. The minimum absolute atomic E-state index is 0.0989. The summed E-state index contributed by atoms with van der Waals surface area (Å²) < 4.78 is 7.98. The summed E-state index contributed by atoms with van der Waals surface area (Å²) in [6, 6.07) is 8.07. The Bertz CT molecular complexity index is 781. The van der Waals surface area contributed by atoms with Gasteiger partial charge >= 0.3 is 0 Å². The Morgan fingerprint density at radius 3 is 2.85 bits per heavy atom. The van der Waals surface area contributed by atoms with E-state index in [0.29, 0.717) is 6.10 Å². The number of nitrogens with zero attached hydrogens (tertiary/aromatic N) is 3. The van der Waals surface area contributed by atoms with Gasteiger partial charge in [-0.15, -0.1) is 0 Å². The standard InChI is InChI=1S/C22H29N3O2/c1-3-27-20-15-19(22(20)10-5-4-6-11-22)24(2)21(26)17-8-7-9-18(14-17)25-13-12-23-16-25/h7-9,12-14,16,19-20H,3-6,10-11,15H2,1-2H3/t19-,20-/m1/s1. The van der Waals surface area contributed by atoms with E-state index in [-0.39, 0.29) is 17.4 Å². The molecule has 5 nitrogen and oxygen atoms in total. The predicted octanol–water partition coefficient (Wildman–Crippen LogP) is 4.07. The fourth-order valence-electron chi connectivity index (χ4n) is 5.13. The molecule has 1 aromatic heterocycles. The number of hydrogen-bond acceptors (Lipinski definition) is 3. The van der Waals surface area contributed by atoms with Gasteiger partial charge in [-0.05, 0) is 44.4 Å². The van der Waals surface area contributed by atoms with Crippen molar-refractivity contribution in [1.29, 1.82) is 0 Å². The molecule has 0 saturated heterocycles. The molecule has 1 amide bonds. The smallest absolute Gasteiger partial charge is 0.253 e. The zero-order valence-electron chi connectivity index (χ0n) is 16.3. The summed E-state index contributed by atoms with van der Waals surface area (Å²) in [5.74, 6) is 0.0989. The van der Waals surface area contributed by atoms with Crippen molar-refractivity contribution in [2.24, 2.45) is 5.41 Å². The Hall–Kier alpha value is -2.14. The van der Waals surface area contributed by atoms with Gasteiger partial charge < -0.3 is 14.2 Å². The van der Waals surface area contributed by atoms with Gasteiger partial charge in [-0.2, -0.15) is 0 Å². The van der Waals surface area contributed by atoms with Gasteiger partial charge in [0.1, 0.15) is 0 Å². The lowest BCUT2D eigenvalue weighted by Gasteiger charge is -2.60. The Morgan fingerprint density at radius 1 is 1.33 bits per heavy atom. The SMILES string of the molecule is CCO[C@@H]1C[C@@H](N(C)C(=O)c2cccc(-n3ccnc3)c2)C12CCCCC2. The summed E-state index contributed by atoms with van der Waals surface area (Å²) in [7, 11) is 1.97. The molecular formula is C22H29N3O2. The van der Waals surface area contributed by atoms with E-state index in [2.05, 4.69) is 11.9 Å². The molecule has 2 aromatic rings. The van der Waals surface area contributed by atoms with Crippen molar-refractivity contribution in [2.45, 2.75) is 57.6 Å². The van der Waals surface area contributed by atoms with Gasteiger partial charge in [0.15, 0.2) is 0 Å². The molecular weight excluding hydrogens is 338 g/mol. The molecule has 5 heteroatoms. The highest BCUT2D eigenvalue weighted by Gasteiger charge is 2.57. The highest BCUT2D eigenvalue weighted by atomic mass is 16.5. The number of ether oxygens (including phenoxy) is 1. The molecule has 2 aliphatic carbocycles. The van der Waals surface area contributed by atoms with E-state index < -0.39 is 0 Å². The lowest BCUT2D eigenvalue weighted by atomic mass is 9.54. The van der Waals surface area contributed by atoms with E-state index >= 15 is 0 Å². The first-order chi connectivity index (χ1) is 13.2. The van der Waals surface area contributed by atoms with Crippen LogP contribution in [0.1, 0.15) is 55.8 Å². The van der Waals surface area contributed by atoms with Gasteiger partial charge in [0.2, 0.25) is 0 Å². The van der Waals surface area contributed by atoms with Gasteiger partial charge in [-0.1, -0.05) is 25.3 Å². The van der Waals surface area contributed by atoms with Crippen LogP contribution in [0.5, 0.6) is 0 Å². The third kappa shape index (κ3) is 3.18. The van der Waals surface area contributed by atoms with E-state index in [0.717, 1.165) is 24.3 Å². The van der Waals surface area contributed by atoms with Gasteiger partial charge in [0.25, 0.3) is 5.91 Å². The number of carbonyl (C=O) groups excluding carboxylic acids is 1. The molecule has 0 unspecified atom stereocenters. The molecule has 2 fully saturated rings. The van der Waals surface area contributed by atoms with Crippen molar-refractivity contribution in [3.8, 4) is 5.69 Å². The van der Waals surface area contributed by atoms with Crippen molar-refractivity contribution in [3.05, 3.63) is 48.5 Å².